The van der Waals surface area contributed by atoms with Gasteiger partial charge in [0.15, 0.2) is 5.78 Å². The molecule has 0 bridgehead atoms. The van der Waals surface area contributed by atoms with E-state index in [2.05, 4.69) is 0 Å². The Labute approximate surface area is 112 Å². The minimum atomic E-state index is -1.03. The Morgan fingerprint density at radius 1 is 1.26 bits per heavy atom. The summed E-state index contributed by atoms with van der Waals surface area (Å²) in [5.74, 6) is -0.619. The molecule has 19 heavy (non-hydrogen) atoms. The SMILES string of the molecule is CC(=O)COCc1cc(OC(C)C)cc(C(=O)O)c1. The maximum Gasteiger partial charge on any atom is 0.335 e. The van der Waals surface area contributed by atoms with Crippen LogP contribution in [0.4, 0.5) is 0 Å². The van der Waals surface area contributed by atoms with Crippen LogP contribution in [0.2, 0.25) is 0 Å². The molecule has 1 aromatic carbocycles. The van der Waals surface area contributed by atoms with Crippen molar-refractivity contribution in [3.8, 4) is 5.75 Å². The highest BCUT2D eigenvalue weighted by Crippen LogP contribution is 2.19. The van der Waals surface area contributed by atoms with Gasteiger partial charge in [-0.05, 0) is 44.5 Å². The van der Waals surface area contributed by atoms with Crippen LogP contribution in [-0.2, 0) is 16.1 Å². The van der Waals surface area contributed by atoms with Gasteiger partial charge in [-0.25, -0.2) is 4.79 Å². The third-order valence-corrected chi connectivity index (χ3v) is 2.16. The van der Waals surface area contributed by atoms with Crippen molar-refractivity contribution in [2.75, 3.05) is 6.61 Å². The van der Waals surface area contributed by atoms with Crippen LogP contribution in [0.5, 0.6) is 5.75 Å². The molecule has 0 amide bonds. The number of ether oxygens (including phenoxy) is 2. The van der Waals surface area contributed by atoms with Gasteiger partial charge in [0.1, 0.15) is 12.4 Å². The first-order chi connectivity index (χ1) is 8.88. The van der Waals surface area contributed by atoms with Crippen LogP contribution in [-0.4, -0.2) is 29.6 Å². The number of carbonyl (C=O) groups excluding carboxylic acids is 1. The number of carbonyl (C=O) groups is 2. The molecule has 1 rings (SSSR count). The lowest BCUT2D eigenvalue weighted by Crippen LogP contribution is -2.08. The molecule has 5 heteroatoms. The predicted molar refractivity (Wildman–Crippen MR) is 69.5 cm³/mol. The summed E-state index contributed by atoms with van der Waals surface area (Å²) < 4.78 is 10.7. The number of hydrogen-bond acceptors (Lipinski definition) is 4. The van der Waals surface area contributed by atoms with Crippen LogP contribution in [0.1, 0.15) is 36.7 Å². The van der Waals surface area contributed by atoms with E-state index in [1.54, 1.807) is 6.07 Å². The molecular formula is C14H18O5. The van der Waals surface area contributed by atoms with Crippen LogP contribution < -0.4 is 4.74 Å². The molecule has 0 heterocycles. The van der Waals surface area contributed by atoms with E-state index in [1.165, 1.54) is 19.1 Å². The van der Waals surface area contributed by atoms with E-state index in [9.17, 15) is 9.59 Å². The lowest BCUT2D eigenvalue weighted by Gasteiger charge is -2.12. The van der Waals surface area contributed by atoms with Crippen molar-refractivity contribution in [2.45, 2.75) is 33.5 Å². The largest absolute Gasteiger partial charge is 0.491 e. The summed E-state index contributed by atoms with van der Waals surface area (Å²) in [5.41, 5.74) is 0.802. The Kier molecular flexibility index (Phi) is 5.51. The summed E-state index contributed by atoms with van der Waals surface area (Å²) in [6.07, 6.45) is -0.0463. The summed E-state index contributed by atoms with van der Waals surface area (Å²) >= 11 is 0. The summed E-state index contributed by atoms with van der Waals surface area (Å²) in [6.45, 7) is 5.34. The fourth-order valence-corrected chi connectivity index (χ4v) is 1.52. The van der Waals surface area contributed by atoms with E-state index in [0.717, 1.165) is 0 Å². The minimum absolute atomic E-state index is 0.0116. The first-order valence-electron chi connectivity index (χ1n) is 5.99. The van der Waals surface area contributed by atoms with Gasteiger partial charge in [0.05, 0.1) is 18.3 Å². The van der Waals surface area contributed by atoms with Crippen LogP contribution in [0.15, 0.2) is 18.2 Å². The molecule has 0 atom stereocenters. The van der Waals surface area contributed by atoms with Crippen LogP contribution in [0.25, 0.3) is 0 Å². The van der Waals surface area contributed by atoms with Gasteiger partial charge in [0, 0.05) is 0 Å². The molecular weight excluding hydrogens is 248 g/mol. The predicted octanol–water partition coefficient (Wildman–Crippen LogP) is 2.28. The number of hydrogen-bond donors (Lipinski definition) is 1. The second-order valence-corrected chi connectivity index (χ2v) is 4.53. The molecule has 0 unspecified atom stereocenters. The molecule has 0 spiro atoms. The van der Waals surface area contributed by atoms with Gasteiger partial charge < -0.3 is 14.6 Å². The molecule has 5 nitrogen and oxygen atoms in total. The monoisotopic (exact) mass is 266 g/mol. The summed E-state index contributed by atoms with van der Waals surface area (Å²) in [7, 11) is 0. The number of carboxylic acid groups (broad SMARTS) is 1. The molecule has 0 aliphatic heterocycles. The topological polar surface area (TPSA) is 72.8 Å². The molecule has 0 fully saturated rings. The number of Topliss-reactive ketones (excluding diaryl/α,β-unsaturated/α-hetero) is 1. The van der Waals surface area contributed by atoms with E-state index in [1.807, 2.05) is 13.8 Å². The molecule has 0 aliphatic carbocycles. The van der Waals surface area contributed by atoms with Crippen molar-refractivity contribution in [1.82, 2.24) is 0 Å². The lowest BCUT2D eigenvalue weighted by atomic mass is 10.1. The highest BCUT2D eigenvalue weighted by atomic mass is 16.5. The smallest absolute Gasteiger partial charge is 0.335 e. The van der Waals surface area contributed by atoms with Gasteiger partial charge >= 0.3 is 5.97 Å². The van der Waals surface area contributed by atoms with Crippen LogP contribution in [0.3, 0.4) is 0 Å². The first kappa shape index (κ1) is 15.2. The summed E-state index contributed by atoms with van der Waals surface area (Å²) in [6, 6.07) is 4.69. The number of carboxylic acids is 1. The number of benzene rings is 1. The molecule has 104 valence electrons. The van der Waals surface area contributed by atoms with Gasteiger partial charge in [-0.2, -0.15) is 0 Å². The molecule has 0 aromatic heterocycles. The zero-order valence-corrected chi connectivity index (χ0v) is 11.3. The molecule has 0 aliphatic rings. The Bertz CT molecular complexity index is 465. The zero-order valence-electron chi connectivity index (χ0n) is 11.3. The van der Waals surface area contributed by atoms with Crippen molar-refractivity contribution in [3.05, 3.63) is 29.3 Å². The van der Waals surface area contributed by atoms with Crippen LogP contribution in [0, 0.1) is 0 Å². The van der Waals surface area contributed by atoms with E-state index in [-0.39, 0.29) is 30.7 Å². The van der Waals surface area contributed by atoms with Crippen LogP contribution >= 0.6 is 0 Å². The first-order valence-corrected chi connectivity index (χ1v) is 5.99. The van der Waals surface area contributed by atoms with Gasteiger partial charge in [0.2, 0.25) is 0 Å². The Morgan fingerprint density at radius 3 is 2.47 bits per heavy atom. The second kappa shape index (κ2) is 6.89. The second-order valence-electron chi connectivity index (χ2n) is 4.53. The zero-order chi connectivity index (χ0) is 14.4. The van der Waals surface area contributed by atoms with Crippen molar-refractivity contribution in [3.63, 3.8) is 0 Å². The van der Waals surface area contributed by atoms with Crippen molar-refractivity contribution >= 4 is 11.8 Å². The highest BCUT2D eigenvalue weighted by Gasteiger charge is 2.09. The molecule has 0 radical (unpaired) electrons. The number of aromatic carboxylic acids is 1. The fraction of sp³-hybridized carbons (Fsp3) is 0.429. The van der Waals surface area contributed by atoms with Gasteiger partial charge in [-0.15, -0.1) is 0 Å². The lowest BCUT2D eigenvalue weighted by molar-refractivity contribution is -0.121. The van der Waals surface area contributed by atoms with Crippen molar-refractivity contribution < 1.29 is 24.2 Å². The highest BCUT2D eigenvalue weighted by molar-refractivity contribution is 5.88. The van der Waals surface area contributed by atoms with Gasteiger partial charge in [-0.3, -0.25) is 4.79 Å². The summed E-state index contributed by atoms with van der Waals surface area (Å²) in [4.78, 5) is 21.8. The van der Waals surface area contributed by atoms with Crippen molar-refractivity contribution in [1.29, 1.82) is 0 Å². The molecule has 1 aromatic rings. The van der Waals surface area contributed by atoms with E-state index in [4.69, 9.17) is 14.6 Å². The third kappa shape index (κ3) is 5.52. The van der Waals surface area contributed by atoms with Crippen molar-refractivity contribution in [2.24, 2.45) is 0 Å². The number of rotatable bonds is 7. The molecule has 0 saturated heterocycles. The molecule has 1 N–H and O–H groups in total. The van der Waals surface area contributed by atoms with Gasteiger partial charge in [0.25, 0.3) is 0 Å². The fourth-order valence-electron chi connectivity index (χ4n) is 1.52. The minimum Gasteiger partial charge on any atom is -0.491 e. The average molecular weight is 266 g/mol. The Hall–Kier alpha value is -1.88. The number of ketones is 1. The quantitative estimate of drug-likeness (QED) is 0.819. The standard InChI is InChI=1S/C14H18O5/c1-9(2)19-13-5-11(8-18-7-10(3)15)4-12(6-13)14(16)17/h4-6,9H,7-8H2,1-3H3,(H,16,17). The summed E-state index contributed by atoms with van der Waals surface area (Å²) in [5, 5.41) is 9.03. The van der Waals surface area contributed by atoms with E-state index < -0.39 is 5.97 Å². The Morgan fingerprint density at radius 2 is 1.95 bits per heavy atom. The van der Waals surface area contributed by atoms with E-state index in [0.29, 0.717) is 11.3 Å². The average Bonchev–Trinajstić information content (AvgIpc) is 2.27. The maximum absolute atomic E-state index is 11.0. The maximum atomic E-state index is 11.0. The molecule has 0 saturated carbocycles. The normalized spacial score (nSPS) is 10.5. The van der Waals surface area contributed by atoms with Gasteiger partial charge in [-0.1, -0.05) is 0 Å². The third-order valence-electron chi connectivity index (χ3n) is 2.16. The van der Waals surface area contributed by atoms with E-state index >= 15 is 0 Å². The Balaban J connectivity index is 2.86.